The number of hydrogen-bond acceptors (Lipinski definition) is 7. The van der Waals surface area contributed by atoms with Crippen LogP contribution in [-0.2, 0) is 9.57 Å². The SMILES string of the molecule is CC(=N)C1C(=N)CC(c2ccc(F)cc2-c2cccnc2)CC1=NOC1CCN(C(=O)OC(C)(C)C)CC1. The van der Waals surface area contributed by atoms with E-state index in [0.717, 1.165) is 16.7 Å². The van der Waals surface area contributed by atoms with Crippen LogP contribution in [0.25, 0.3) is 11.1 Å². The average molecular weight is 522 g/mol. The van der Waals surface area contributed by atoms with E-state index in [9.17, 15) is 9.18 Å². The Morgan fingerprint density at radius 1 is 1.18 bits per heavy atom. The molecular formula is C29H36FN5O3. The number of benzene rings is 1. The second kappa shape index (κ2) is 11.4. The van der Waals surface area contributed by atoms with E-state index in [0.29, 0.717) is 55.9 Å². The topological polar surface area (TPSA) is 112 Å². The number of nitrogens with one attached hydrogen (secondary N) is 2. The Labute approximate surface area is 223 Å². The van der Waals surface area contributed by atoms with Gasteiger partial charge < -0.3 is 25.3 Å². The lowest BCUT2D eigenvalue weighted by Crippen LogP contribution is -2.43. The summed E-state index contributed by atoms with van der Waals surface area (Å²) in [5.41, 5.74) is 3.32. The van der Waals surface area contributed by atoms with Crippen LogP contribution >= 0.6 is 0 Å². The number of pyridine rings is 1. The summed E-state index contributed by atoms with van der Waals surface area (Å²) in [7, 11) is 0. The van der Waals surface area contributed by atoms with Crippen LogP contribution in [0.4, 0.5) is 9.18 Å². The maximum absolute atomic E-state index is 14.2. The second-order valence-corrected chi connectivity index (χ2v) is 11.1. The maximum Gasteiger partial charge on any atom is 0.410 e. The van der Waals surface area contributed by atoms with Crippen molar-refractivity contribution < 1.29 is 18.8 Å². The van der Waals surface area contributed by atoms with Gasteiger partial charge in [0.15, 0.2) is 0 Å². The Hall–Kier alpha value is -3.62. The lowest BCUT2D eigenvalue weighted by molar-refractivity contribution is -0.0103. The van der Waals surface area contributed by atoms with Crippen molar-refractivity contribution in [1.82, 2.24) is 9.88 Å². The molecule has 2 fully saturated rings. The van der Waals surface area contributed by atoms with Crippen LogP contribution in [0.3, 0.4) is 0 Å². The van der Waals surface area contributed by atoms with E-state index in [1.165, 1.54) is 12.1 Å². The number of oxime groups is 1. The van der Waals surface area contributed by atoms with Crippen LogP contribution < -0.4 is 0 Å². The molecule has 0 bridgehead atoms. The molecule has 202 valence electrons. The number of amides is 1. The largest absolute Gasteiger partial charge is 0.444 e. The highest BCUT2D eigenvalue weighted by atomic mass is 19.1. The fourth-order valence-electron chi connectivity index (χ4n) is 5.12. The molecule has 4 rings (SSSR count). The zero-order chi connectivity index (χ0) is 27.4. The predicted molar refractivity (Wildman–Crippen MR) is 146 cm³/mol. The van der Waals surface area contributed by atoms with Gasteiger partial charge in [-0.15, -0.1) is 0 Å². The minimum absolute atomic E-state index is 0.106. The van der Waals surface area contributed by atoms with E-state index in [4.69, 9.17) is 20.4 Å². The normalized spacial score (nSPS) is 21.9. The Balaban J connectivity index is 1.50. The molecule has 9 heteroatoms. The van der Waals surface area contributed by atoms with Gasteiger partial charge in [0.1, 0.15) is 17.5 Å². The molecule has 1 aromatic carbocycles. The van der Waals surface area contributed by atoms with Crippen LogP contribution in [0.2, 0.25) is 0 Å². The molecule has 1 aliphatic carbocycles. The smallest absolute Gasteiger partial charge is 0.410 e. The molecule has 1 saturated carbocycles. The first-order chi connectivity index (χ1) is 18.0. The summed E-state index contributed by atoms with van der Waals surface area (Å²) in [5.74, 6) is -0.942. The number of ether oxygens (including phenoxy) is 1. The molecule has 2 unspecified atom stereocenters. The molecule has 2 aromatic rings. The lowest BCUT2D eigenvalue weighted by Gasteiger charge is -2.34. The van der Waals surface area contributed by atoms with Crippen molar-refractivity contribution in [1.29, 1.82) is 10.8 Å². The minimum atomic E-state index is -0.542. The molecule has 0 radical (unpaired) electrons. The minimum Gasteiger partial charge on any atom is -0.444 e. The fourth-order valence-corrected chi connectivity index (χ4v) is 5.12. The Kier molecular flexibility index (Phi) is 8.23. The van der Waals surface area contributed by atoms with Crippen LogP contribution in [-0.4, -0.2) is 57.9 Å². The van der Waals surface area contributed by atoms with Gasteiger partial charge in [-0.1, -0.05) is 17.3 Å². The van der Waals surface area contributed by atoms with Crippen molar-refractivity contribution in [3.8, 4) is 11.1 Å². The first-order valence-electron chi connectivity index (χ1n) is 13.0. The van der Waals surface area contributed by atoms with Gasteiger partial charge in [0.2, 0.25) is 0 Å². The first kappa shape index (κ1) is 27.4. The van der Waals surface area contributed by atoms with Crippen LogP contribution in [0, 0.1) is 22.6 Å². The summed E-state index contributed by atoms with van der Waals surface area (Å²) < 4.78 is 19.7. The quantitative estimate of drug-likeness (QED) is 0.360. The molecule has 2 N–H and O–H groups in total. The molecule has 1 amide bonds. The van der Waals surface area contributed by atoms with Crippen LogP contribution in [0.1, 0.15) is 64.9 Å². The van der Waals surface area contributed by atoms with Gasteiger partial charge in [-0.05, 0) is 75.8 Å². The number of hydrogen-bond donors (Lipinski definition) is 2. The van der Waals surface area contributed by atoms with Gasteiger partial charge in [0, 0.05) is 55.3 Å². The van der Waals surface area contributed by atoms with Crippen molar-refractivity contribution in [2.24, 2.45) is 11.1 Å². The number of likely N-dealkylation sites (tertiary alicyclic amines) is 1. The molecule has 0 spiro atoms. The average Bonchev–Trinajstić information content (AvgIpc) is 2.86. The van der Waals surface area contributed by atoms with Gasteiger partial charge in [0.25, 0.3) is 0 Å². The summed E-state index contributed by atoms with van der Waals surface area (Å²) in [5, 5.41) is 21.5. The van der Waals surface area contributed by atoms with Crippen LogP contribution in [0.5, 0.6) is 0 Å². The summed E-state index contributed by atoms with van der Waals surface area (Å²) >= 11 is 0. The maximum atomic E-state index is 14.2. The molecule has 2 aliphatic rings. The third-order valence-electron chi connectivity index (χ3n) is 6.88. The van der Waals surface area contributed by atoms with Crippen molar-refractivity contribution in [2.45, 2.75) is 71.0 Å². The van der Waals surface area contributed by atoms with Crippen molar-refractivity contribution in [3.05, 3.63) is 54.1 Å². The number of carbonyl (C=O) groups is 1. The highest BCUT2D eigenvalue weighted by molar-refractivity contribution is 6.23. The molecule has 1 aromatic heterocycles. The van der Waals surface area contributed by atoms with E-state index in [1.807, 2.05) is 32.9 Å². The monoisotopic (exact) mass is 521 g/mol. The third-order valence-corrected chi connectivity index (χ3v) is 6.88. The van der Waals surface area contributed by atoms with E-state index in [2.05, 4.69) is 10.1 Å². The van der Waals surface area contributed by atoms with E-state index in [1.54, 1.807) is 30.3 Å². The van der Waals surface area contributed by atoms with Crippen molar-refractivity contribution in [2.75, 3.05) is 13.1 Å². The Morgan fingerprint density at radius 2 is 1.92 bits per heavy atom. The summed E-state index contributed by atoms with van der Waals surface area (Å²) in [6, 6.07) is 8.44. The molecule has 38 heavy (non-hydrogen) atoms. The van der Waals surface area contributed by atoms with Gasteiger partial charge >= 0.3 is 6.09 Å². The summed E-state index contributed by atoms with van der Waals surface area (Å²) in [4.78, 5) is 24.2. The summed E-state index contributed by atoms with van der Waals surface area (Å²) in [6.07, 6.45) is 5.08. The standard InChI is InChI=1S/C29H36FN5O3/c1-18(31)27-25(32)14-20(23-8-7-21(30)16-24(23)19-6-5-11-33-17-19)15-26(27)34-38-22-9-12-35(13-10-22)28(36)37-29(2,3)4/h5-8,11,16-17,20,22,27,31-32H,9-10,12-15H2,1-4H3. The molecule has 1 aliphatic heterocycles. The second-order valence-electron chi connectivity index (χ2n) is 11.1. The Morgan fingerprint density at radius 3 is 2.55 bits per heavy atom. The lowest BCUT2D eigenvalue weighted by atomic mass is 9.73. The number of rotatable bonds is 5. The van der Waals surface area contributed by atoms with Gasteiger partial charge in [-0.3, -0.25) is 4.98 Å². The number of halogens is 1. The predicted octanol–water partition coefficient (Wildman–Crippen LogP) is 6.21. The van der Waals surface area contributed by atoms with Gasteiger partial charge in [-0.2, -0.15) is 0 Å². The zero-order valence-electron chi connectivity index (χ0n) is 22.5. The molecule has 2 atom stereocenters. The molecule has 8 nitrogen and oxygen atoms in total. The van der Waals surface area contributed by atoms with Gasteiger partial charge in [0.05, 0.1) is 11.6 Å². The number of piperidine rings is 1. The fraction of sp³-hybridized carbons (Fsp3) is 0.483. The van der Waals surface area contributed by atoms with E-state index < -0.39 is 11.5 Å². The highest BCUT2D eigenvalue weighted by Gasteiger charge is 2.36. The van der Waals surface area contributed by atoms with Crippen molar-refractivity contribution >= 4 is 23.2 Å². The number of nitrogens with zero attached hydrogens (tertiary/aromatic N) is 3. The van der Waals surface area contributed by atoms with Crippen molar-refractivity contribution in [3.63, 3.8) is 0 Å². The first-order valence-corrected chi connectivity index (χ1v) is 13.0. The van der Waals surface area contributed by atoms with Gasteiger partial charge in [-0.25, -0.2) is 9.18 Å². The molecule has 2 heterocycles. The zero-order valence-corrected chi connectivity index (χ0v) is 22.5. The Bertz CT molecular complexity index is 1220. The molecule has 1 saturated heterocycles. The number of carbonyl (C=O) groups excluding carboxylic acids is 1. The highest BCUT2D eigenvalue weighted by Crippen LogP contribution is 2.38. The van der Waals surface area contributed by atoms with E-state index in [-0.39, 0.29) is 23.9 Å². The van der Waals surface area contributed by atoms with Crippen LogP contribution in [0.15, 0.2) is 47.9 Å². The van der Waals surface area contributed by atoms with E-state index >= 15 is 0 Å². The number of aromatic nitrogens is 1. The molecular weight excluding hydrogens is 485 g/mol. The third kappa shape index (κ3) is 6.62. The summed E-state index contributed by atoms with van der Waals surface area (Å²) in [6.45, 7) is 8.25.